The van der Waals surface area contributed by atoms with Gasteiger partial charge in [0.05, 0.1) is 17.6 Å². The van der Waals surface area contributed by atoms with E-state index in [1.54, 1.807) is 5.57 Å². The molecule has 0 saturated heterocycles. The summed E-state index contributed by atoms with van der Waals surface area (Å²) in [7, 11) is 0. The van der Waals surface area contributed by atoms with Crippen molar-refractivity contribution in [2.75, 3.05) is 12.3 Å². The molecule has 2 aliphatic rings. The van der Waals surface area contributed by atoms with Crippen molar-refractivity contribution in [3.8, 4) is 0 Å². The Bertz CT molecular complexity index is 747. The van der Waals surface area contributed by atoms with Crippen LogP contribution in [0.1, 0.15) is 178 Å². The van der Waals surface area contributed by atoms with Crippen molar-refractivity contribution in [3.63, 3.8) is 0 Å². The van der Waals surface area contributed by atoms with E-state index < -0.39 is 0 Å². The quantitative estimate of drug-likeness (QED) is 0.317. The van der Waals surface area contributed by atoms with Crippen LogP contribution in [0.5, 0.6) is 0 Å². The van der Waals surface area contributed by atoms with Gasteiger partial charge < -0.3 is 36.3 Å². The van der Waals surface area contributed by atoms with E-state index in [2.05, 4.69) is 41.1 Å². The molecular formula is C37H99Cl2N3. The number of halogens is 2. The standard InChI is InChI=1S/C18H21N3.19CH4.2ClH/c19-6-5-11-7-12-9-13(8-11)17-16(10-12)21-15-4-2-1-3-14(15)18(17)20;;;;;;;;;;;;;;;;;;;;;/h1-4,7,12-13H,5-6,8-10,19H2,(H2,20,21);19*1H4;2*1H. The maximum atomic E-state index is 6.54. The van der Waals surface area contributed by atoms with Gasteiger partial charge in [-0.15, -0.1) is 0 Å². The third-order valence-corrected chi connectivity index (χ3v) is 5.06. The van der Waals surface area contributed by atoms with Crippen molar-refractivity contribution in [2.45, 2.75) is 173 Å². The molecule has 2 atom stereocenters. The lowest BCUT2D eigenvalue weighted by Crippen LogP contribution is -3.00. The summed E-state index contributed by atoms with van der Waals surface area (Å²) in [6, 6.07) is 8.39. The fourth-order valence-electron chi connectivity index (χ4n) is 4.26. The molecule has 0 amide bonds. The van der Waals surface area contributed by atoms with Gasteiger partial charge in [0, 0.05) is 24.5 Å². The average molecular weight is 657 g/mol. The Labute approximate surface area is 289 Å². The van der Waals surface area contributed by atoms with Crippen molar-refractivity contribution in [3.05, 3.63) is 47.2 Å². The second-order valence-electron chi connectivity index (χ2n) is 6.51. The second-order valence-corrected chi connectivity index (χ2v) is 6.51. The van der Waals surface area contributed by atoms with Gasteiger partial charge in [-0.25, -0.2) is 4.98 Å². The van der Waals surface area contributed by atoms with Crippen LogP contribution in [0.15, 0.2) is 35.9 Å². The lowest BCUT2D eigenvalue weighted by Gasteiger charge is -2.33. The molecule has 2 aromatic rings. The number of anilines is 1. The summed E-state index contributed by atoms with van der Waals surface area (Å²) in [5, 5.41) is 1.17. The largest absolute Gasteiger partial charge is 1.00 e. The van der Waals surface area contributed by atoms with Gasteiger partial charge in [-0.3, -0.25) is 0 Å². The lowest BCUT2D eigenvalue weighted by atomic mass is 9.70. The molecule has 0 radical (unpaired) electrons. The zero-order valence-corrected chi connectivity index (χ0v) is 14.6. The van der Waals surface area contributed by atoms with E-state index in [4.69, 9.17) is 5.73 Å². The number of para-hydroxylation sites is 1. The first kappa shape index (κ1) is 124. The molecule has 2 bridgehead atoms. The van der Waals surface area contributed by atoms with Crippen LogP contribution in [-0.2, 0) is 6.42 Å². The summed E-state index contributed by atoms with van der Waals surface area (Å²) in [5.74, 6) is 1.26. The minimum Gasteiger partial charge on any atom is -1.00 e. The zero-order chi connectivity index (χ0) is 14.4. The van der Waals surface area contributed by atoms with Crippen LogP contribution in [0.3, 0.4) is 0 Å². The van der Waals surface area contributed by atoms with Crippen molar-refractivity contribution >= 4 is 16.6 Å². The first-order valence-electron chi connectivity index (χ1n) is 7.97. The average Bonchev–Trinajstić information content (AvgIpc) is 2.47. The third-order valence-electron chi connectivity index (χ3n) is 5.06. The van der Waals surface area contributed by atoms with E-state index >= 15 is 0 Å². The van der Waals surface area contributed by atoms with Gasteiger partial charge in [-0.1, -0.05) is 165 Å². The number of rotatable bonds is 2. The summed E-state index contributed by atoms with van der Waals surface area (Å²) in [6.07, 6.45) is 7.16. The number of hydrogen-bond donors (Lipinski definition) is 2. The summed E-state index contributed by atoms with van der Waals surface area (Å²) >= 11 is 0. The van der Waals surface area contributed by atoms with Gasteiger partial charge >= 0.3 is 0 Å². The summed E-state index contributed by atoms with van der Waals surface area (Å²) in [6.45, 7) is 0.997. The predicted octanol–water partition coefficient (Wildman–Crippen LogP) is 7.94. The van der Waals surface area contributed by atoms with E-state index in [9.17, 15) is 0 Å². The number of quaternary nitrogens is 1. The summed E-state index contributed by atoms with van der Waals surface area (Å²) in [4.78, 5) is 3.64. The number of fused-ring (bicyclic) bond motifs is 5. The Kier molecular flexibility index (Phi) is 155. The molecule has 1 aromatic carbocycles. The Balaban J connectivity index is -0.0000000171. The highest BCUT2D eigenvalue weighted by Crippen LogP contribution is 2.45. The number of nitrogen functional groups attached to an aromatic ring is 1. The SMILES string of the molecule is C.C.C.C.C.C.C.C.C.C.C.C.C.C.C.C.C.C.C.Nc1c2c([nH+]c3ccccc13)CC1C=C(CC[NH3+])CC2C1.[Cl-].[Cl-]. The summed E-state index contributed by atoms with van der Waals surface area (Å²) < 4.78 is 0. The van der Waals surface area contributed by atoms with Gasteiger partial charge in [0.1, 0.15) is 0 Å². The number of H-pyrrole nitrogens is 1. The molecule has 1 heterocycles. The predicted molar refractivity (Wildman–Crippen MR) is 212 cm³/mol. The highest BCUT2D eigenvalue weighted by molar-refractivity contribution is 5.90. The third kappa shape index (κ3) is 23.2. The topological polar surface area (TPSA) is 67.8 Å². The molecule has 2 aliphatic carbocycles. The molecule has 6 N–H and O–H groups in total. The van der Waals surface area contributed by atoms with E-state index in [-0.39, 0.29) is 166 Å². The smallest absolute Gasteiger partial charge is 0.213 e. The number of nitrogens with one attached hydrogen (secondary N) is 1. The highest BCUT2D eigenvalue weighted by Gasteiger charge is 2.36. The van der Waals surface area contributed by atoms with Gasteiger partial charge in [-0.2, -0.15) is 0 Å². The van der Waals surface area contributed by atoms with Crippen LogP contribution in [0, 0.1) is 5.92 Å². The molecule has 0 fully saturated rings. The normalized spacial score (nSPS) is 11.9. The molecule has 42 heavy (non-hydrogen) atoms. The second kappa shape index (κ2) is 52.4. The minimum atomic E-state index is 0. The van der Waals surface area contributed by atoms with Gasteiger partial charge in [-0.05, 0) is 30.7 Å². The molecule has 1 aromatic heterocycles. The molecule has 3 nitrogen and oxygen atoms in total. The monoisotopic (exact) mass is 656 g/mol. The van der Waals surface area contributed by atoms with E-state index in [0.29, 0.717) is 11.8 Å². The number of nitrogens with two attached hydrogens (primary N) is 1. The molecule has 4 rings (SSSR count). The molecule has 5 heteroatoms. The minimum absolute atomic E-state index is 0. The number of benzene rings is 1. The van der Waals surface area contributed by atoms with Crippen LogP contribution < -0.4 is 41.3 Å². The molecular weight excluding hydrogens is 557 g/mol. The first-order chi connectivity index (χ1) is 10.3. The Morgan fingerprint density at radius 3 is 1.52 bits per heavy atom. The number of aromatic amines is 1. The van der Waals surface area contributed by atoms with Gasteiger partial charge in [0.15, 0.2) is 5.69 Å². The van der Waals surface area contributed by atoms with Crippen molar-refractivity contribution in [1.82, 2.24) is 0 Å². The lowest BCUT2D eigenvalue weighted by molar-refractivity contribution is -0.366. The number of allylic oxidation sites excluding steroid dienone is 1. The van der Waals surface area contributed by atoms with Crippen LogP contribution in [-0.4, -0.2) is 6.54 Å². The Morgan fingerprint density at radius 2 is 1.10 bits per heavy atom. The zero-order valence-electron chi connectivity index (χ0n) is 13.1. The van der Waals surface area contributed by atoms with Crippen LogP contribution in [0.25, 0.3) is 10.9 Å². The van der Waals surface area contributed by atoms with Gasteiger partial charge in [0.2, 0.25) is 5.52 Å². The Hall–Kier alpha value is -1.29. The van der Waals surface area contributed by atoms with Crippen LogP contribution >= 0.6 is 0 Å². The maximum absolute atomic E-state index is 6.54. The van der Waals surface area contributed by atoms with Crippen molar-refractivity contribution in [2.24, 2.45) is 5.92 Å². The van der Waals surface area contributed by atoms with Crippen molar-refractivity contribution in [1.29, 1.82) is 0 Å². The fourth-order valence-corrected chi connectivity index (χ4v) is 4.26. The molecule has 276 valence electrons. The number of aromatic nitrogens is 1. The molecule has 2 unspecified atom stereocenters. The molecule has 0 spiro atoms. The Morgan fingerprint density at radius 1 is 0.667 bits per heavy atom. The van der Waals surface area contributed by atoms with E-state index in [1.165, 1.54) is 23.1 Å². The molecule has 0 aliphatic heterocycles. The molecule has 0 saturated carbocycles. The summed E-state index contributed by atoms with van der Waals surface area (Å²) in [5.41, 5.74) is 17.0. The van der Waals surface area contributed by atoms with E-state index in [1.807, 2.05) is 0 Å². The number of pyridine rings is 1. The number of hydrogen-bond acceptors (Lipinski definition) is 1. The van der Waals surface area contributed by atoms with Crippen molar-refractivity contribution < 1.29 is 35.5 Å². The fraction of sp³-hybridized carbons (Fsp3) is 0.703. The van der Waals surface area contributed by atoms with Crippen LogP contribution in [0.4, 0.5) is 5.69 Å². The first-order valence-corrected chi connectivity index (χ1v) is 7.97. The van der Waals surface area contributed by atoms with Gasteiger partial charge in [0.25, 0.3) is 0 Å². The van der Waals surface area contributed by atoms with Crippen LogP contribution in [0.2, 0.25) is 0 Å². The van der Waals surface area contributed by atoms with E-state index in [0.717, 1.165) is 37.0 Å². The highest BCUT2D eigenvalue weighted by atomic mass is 35.5. The maximum Gasteiger partial charge on any atom is 0.213 e.